The number of thiol groups is 2. The van der Waals surface area contributed by atoms with E-state index < -0.39 is 291 Å². The van der Waals surface area contributed by atoms with Crippen LogP contribution in [0.4, 0.5) is 0 Å². The zero-order valence-corrected chi connectivity index (χ0v) is 69.9. The molecule has 0 saturated carbocycles. The highest BCUT2D eigenvalue weighted by Crippen LogP contribution is 2.16. The number of nitrogens with zero attached hydrogens (tertiary/aromatic N) is 1. The number of hydrogen-bond donors (Lipinski definition) is 32. The van der Waals surface area contributed by atoms with Crippen LogP contribution >= 0.6 is 25.3 Å². The number of hydrogen-bond acceptors (Lipinski definition) is 30. The van der Waals surface area contributed by atoms with Crippen LogP contribution in [0.5, 0.6) is 11.5 Å². The number of aliphatic hydroxyl groups is 1. The molecule has 0 fully saturated rings. The number of phenols is 2. The summed E-state index contributed by atoms with van der Waals surface area (Å²) in [5.74, 6) is -27.1. The van der Waals surface area contributed by atoms with Gasteiger partial charge in [0.05, 0.1) is 57.9 Å². The van der Waals surface area contributed by atoms with E-state index in [1.165, 1.54) is 61.1 Å². The van der Waals surface area contributed by atoms with E-state index in [2.05, 4.69) is 115 Å². The SMILES string of the molecule is N=C(N)NCCC[C@H](NC(=O)[C@H](CC(=O)O)NC(=O)[C@H](CS)NC(=O)CNC(=O)CNC(=O)[C@H](CS)NC(=O)[C@H](Cc1ccc(O)cc1)NC(=O)CNC(=O)[C@H](Cc1ccc(O)cc1)NC(=O)[C@H](CCCCN)NC(=O)[C@H](CCC(N)=O)NC(=O)[C@H](Cc1cnc[nH]1)NC(=O)[C@H](CO)NC(=O)[C@@H](N)CCC(=O)O)C(=O)N[C@@H](CC(N)=O)C(=O)N[C@@H](CC(N)=O)C(=O)O. The molecule has 3 aromatic rings. The molecule has 127 heavy (non-hydrogen) atoms. The Balaban J connectivity index is 1.80. The van der Waals surface area contributed by atoms with Gasteiger partial charge in [-0.2, -0.15) is 25.3 Å². The summed E-state index contributed by atoms with van der Waals surface area (Å²) in [6, 6.07) is -11.9. The first-order chi connectivity index (χ1) is 59.9. The lowest BCUT2D eigenvalue weighted by atomic mass is 10.0. The highest BCUT2D eigenvalue weighted by Gasteiger charge is 2.38. The third kappa shape index (κ3) is 41.8. The van der Waals surface area contributed by atoms with E-state index in [1.807, 2.05) is 5.32 Å². The number of imidazole rings is 1. The number of carboxylic acids is 3. The fraction of sp³-hybridized carbons (Fsp3) is 0.493. The van der Waals surface area contributed by atoms with Crippen LogP contribution in [-0.4, -0.2) is 300 Å². The number of guanidine groups is 1. The molecule has 0 bridgehead atoms. The summed E-state index contributed by atoms with van der Waals surface area (Å²) in [5, 5.41) is 102. The number of primary amides is 3. The van der Waals surface area contributed by atoms with Crippen molar-refractivity contribution < 1.29 is 131 Å². The van der Waals surface area contributed by atoms with Crippen molar-refractivity contribution in [2.45, 2.75) is 175 Å². The van der Waals surface area contributed by atoms with Gasteiger partial charge in [0.1, 0.15) is 84.0 Å². The lowest BCUT2D eigenvalue weighted by Gasteiger charge is -2.27. The molecule has 13 atom stereocenters. The second-order valence-electron chi connectivity index (χ2n) is 28.2. The van der Waals surface area contributed by atoms with E-state index in [-0.39, 0.29) is 81.6 Å². The largest absolute Gasteiger partial charge is 0.508 e. The van der Waals surface area contributed by atoms with E-state index in [1.54, 1.807) is 0 Å². The molecule has 52 nitrogen and oxygen atoms in total. The molecule has 2 aromatic carbocycles. The number of aromatic amines is 1. The second kappa shape index (κ2) is 56.0. The molecule has 0 aliphatic rings. The van der Waals surface area contributed by atoms with Gasteiger partial charge in [-0.25, -0.2) is 9.78 Å². The van der Waals surface area contributed by atoms with Gasteiger partial charge in [0.25, 0.3) is 0 Å². The standard InChI is InChI=1S/C73H107N25O27S2/c74-18-2-1-4-40(89-65(117)42(15-16-52(76)102)91-67(119)45(22-36-26-81-33-86-36)93-70(122)49(30-99)97-60(112)39(75)14-17-58(108)109)63(115)92-43(20-34-6-10-37(100)11-7-34)61(113)85-29-57(107)87-44(21-35-8-12-38(101)13-9-35)66(118)98-50(31-126)62(114)84-27-55(105)83-28-56(106)88-51(32-127)71(123)95-47(25-59(110)111)69(121)90-41(5-3-19-82-73(79)80)64(116)94-46(23-53(77)103)68(120)96-48(72(124)125)24-54(78)104/h6-13,26,33,39-51,99-101,126-127H,1-5,14-25,27-32,74-75H2,(H2,76,102)(H2,77,103)(H2,78,104)(H,81,86)(H,83,105)(H,84,114)(H,85,113)(H,87,107)(H,88,106)(H,89,117)(H,90,121)(H,91,119)(H,92,115)(H,93,122)(H,94,116)(H,95,123)(H,96,120)(H,97,112)(H,98,118)(H,108,109)(H,110,111)(H,124,125)(H4,79,80,82)/t39-,40-,41-,42-,43-,44-,45-,46-,47-,48-,49-,50-,51-/m0/s1. The van der Waals surface area contributed by atoms with Crippen molar-refractivity contribution in [3.05, 3.63) is 77.9 Å². The average Bonchev–Trinajstić information content (AvgIpc) is 1.60. The number of amides is 18. The Bertz CT molecular complexity index is 4360. The highest BCUT2D eigenvalue weighted by atomic mass is 32.1. The topological polar surface area (TPSA) is 881 Å². The Hall–Kier alpha value is -14.0. The number of unbranched alkanes of at least 4 members (excludes halogenated alkanes) is 1. The lowest BCUT2D eigenvalue weighted by Crippen LogP contribution is -2.60. The Kier molecular flexibility index (Phi) is 47.2. The number of phenolic OH excluding ortho intramolecular Hbond substituents is 2. The molecule has 698 valence electrons. The Morgan fingerprint density at radius 1 is 0.394 bits per heavy atom. The molecule has 1 heterocycles. The van der Waals surface area contributed by atoms with Crippen LogP contribution in [0, 0.1) is 5.41 Å². The zero-order chi connectivity index (χ0) is 95.2. The summed E-state index contributed by atoms with van der Waals surface area (Å²) in [7, 11) is 0. The number of carbonyl (C=O) groups excluding carboxylic acids is 18. The van der Waals surface area contributed by atoms with Crippen LogP contribution in [0.2, 0.25) is 0 Å². The number of H-pyrrole nitrogens is 1. The van der Waals surface area contributed by atoms with Gasteiger partial charge < -0.3 is 155 Å². The number of nitrogens with one attached hydrogen (secondary N) is 18. The third-order valence-electron chi connectivity index (χ3n) is 18.0. The molecule has 0 radical (unpaired) electrons. The van der Waals surface area contributed by atoms with Crippen LogP contribution in [0.15, 0.2) is 61.1 Å². The third-order valence-corrected chi connectivity index (χ3v) is 18.7. The molecule has 0 saturated heterocycles. The molecular formula is C73H107N25O27S2. The van der Waals surface area contributed by atoms with Gasteiger partial charge in [0.2, 0.25) is 106 Å². The molecule has 0 unspecified atom stereocenters. The summed E-state index contributed by atoms with van der Waals surface area (Å²) >= 11 is 8.21. The van der Waals surface area contributed by atoms with Crippen molar-refractivity contribution >= 4 is 155 Å². The molecule has 0 aliphatic carbocycles. The van der Waals surface area contributed by atoms with Crippen LogP contribution in [-0.2, 0) is 120 Å². The lowest BCUT2D eigenvalue weighted by molar-refractivity contribution is -0.144. The van der Waals surface area contributed by atoms with E-state index >= 15 is 0 Å². The van der Waals surface area contributed by atoms with Gasteiger partial charge >= 0.3 is 17.9 Å². The quantitative estimate of drug-likeness (QED) is 0.0108. The minimum atomic E-state index is -2.06. The van der Waals surface area contributed by atoms with Gasteiger partial charge in [-0.3, -0.25) is 101 Å². The van der Waals surface area contributed by atoms with Crippen molar-refractivity contribution in [2.75, 3.05) is 50.8 Å². The van der Waals surface area contributed by atoms with Crippen molar-refractivity contribution in [3.63, 3.8) is 0 Å². The number of aliphatic hydroxyl groups excluding tert-OH is 1. The van der Waals surface area contributed by atoms with Gasteiger partial charge in [0.15, 0.2) is 5.96 Å². The van der Waals surface area contributed by atoms with Gasteiger partial charge in [0, 0.05) is 62.0 Å². The summed E-state index contributed by atoms with van der Waals surface area (Å²) in [6.07, 6.45) is -3.92. The second-order valence-corrected chi connectivity index (χ2v) is 29.0. The zero-order valence-electron chi connectivity index (χ0n) is 68.1. The van der Waals surface area contributed by atoms with E-state index in [4.69, 9.17) is 44.9 Å². The number of nitrogens with two attached hydrogens (primary N) is 6. The number of aliphatic carboxylic acids is 3. The smallest absolute Gasteiger partial charge is 0.326 e. The molecule has 1 aromatic heterocycles. The summed E-state index contributed by atoms with van der Waals surface area (Å²) in [6.45, 7) is -3.84. The molecule has 0 spiro atoms. The number of benzene rings is 2. The predicted molar refractivity (Wildman–Crippen MR) is 446 cm³/mol. The van der Waals surface area contributed by atoms with Crippen LogP contribution < -0.4 is 119 Å². The number of rotatable bonds is 60. The first kappa shape index (κ1) is 107. The minimum absolute atomic E-state index is 0.0946. The Labute approximate surface area is 733 Å². The van der Waals surface area contributed by atoms with E-state index in [0.717, 1.165) is 0 Å². The maximum atomic E-state index is 14.6. The van der Waals surface area contributed by atoms with Crippen molar-refractivity contribution in [1.82, 2.24) is 95.0 Å². The Morgan fingerprint density at radius 3 is 1.24 bits per heavy atom. The van der Waals surface area contributed by atoms with Crippen LogP contribution in [0.1, 0.15) is 93.9 Å². The molecule has 54 heteroatoms. The van der Waals surface area contributed by atoms with Crippen molar-refractivity contribution in [2.24, 2.45) is 34.4 Å². The van der Waals surface area contributed by atoms with Crippen LogP contribution in [0.3, 0.4) is 0 Å². The molecule has 0 aliphatic heterocycles. The van der Waals surface area contributed by atoms with Gasteiger partial charge in [-0.1, -0.05) is 24.3 Å². The van der Waals surface area contributed by atoms with Gasteiger partial charge in [-0.05, 0) is 86.9 Å². The molecule has 18 amide bonds. The maximum Gasteiger partial charge on any atom is 0.326 e. The monoisotopic (exact) mass is 1830 g/mol. The van der Waals surface area contributed by atoms with Crippen molar-refractivity contribution in [1.29, 1.82) is 5.41 Å². The summed E-state index contributed by atoms with van der Waals surface area (Å²) in [5.41, 5.74) is 33.5. The van der Waals surface area contributed by atoms with Crippen LogP contribution in [0.25, 0.3) is 0 Å². The van der Waals surface area contributed by atoms with E-state index in [0.29, 0.717) is 11.1 Å². The predicted octanol–water partition coefficient (Wildman–Crippen LogP) is -13.0. The highest BCUT2D eigenvalue weighted by molar-refractivity contribution is 7.80. The molecule has 3 rings (SSSR count). The number of aromatic hydroxyl groups is 2. The first-order valence-corrected chi connectivity index (χ1v) is 40.1. The summed E-state index contributed by atoms with van der Waals surface area (Å²) in [4.78, 5) is 283. The first-order valence-electron chi connectivity index (χ1n) is 38.8. The number of carboxylic acid groups (broad SMARTS) is 3. The number of carbonyl (C=O) groups is 21. The molecular weight excluding hydrogens is 1720 g/mol. The van der Waals surface area contributed by atoms with Crippen molar-refractivity contribution in [3.8, 4) is 11.5 Å². The van der Waals surface area contributed by atoms with E-state index in [9.17, 15) is 126 Å². The number of aromatic nitrogens is 2. The van der Waals surface area contributed by atoms with Gasteiger partial charge in [-0.15, -0.1) is 0 Å². The summed E-state index contributed by atoms with van der Waals surface area (Å²) < 4.78 is 0. The Morgan fingerprint density at radius 2 is 0.780 bits per heavy atom. The fourth-order valence-electron chi connectivity index (χ4n) is 11.3. The minimum Gasteiger partial charge on any atom is -0.508 e. The normalized spacial score (nSPS) is 13.9. The fourth-order valence-corrected chi connectivity index (χ4v) is 11.8. The average molecular weight is 1830 g/mol. The maximum absolute atomic E-state index is 14.6. The molecule has 36 N–H and O–H groups in total.